The van der Waals surface area contributed by atoms with E-state index in [0.29, 0.717) is 6.04 Å². The molecule has 2 rings (SSSR count). The van der Waals surface area contributed by atoms with Gasteiger partial charge in [-0.15, -0.1) is 0 Å². The zero-order valence-electron chi connectivity index (χ0n) is 12.0. The van der Waals surface area contributed by atoms with Gasteiger partial charge in [0.15, 0.2) is 0 Å². The van der Waals surface area contributed by atoms with Crippen molar-refractivity contribution in [3.05, 3.63) is 29.8 Å². The molecule has 1 aliphatic carbocycles. The highest BCUT2D eigenvalue weighted by molar-refractivity contribution is 5.67. The van der Waals surface area contributed by atoms with Crippen LogP contribution in [0.3, 0.4) is 0 Å². The predicted octanol–water partition coefficient (Wildman–Crippen LogP) is 2.61. The number of carbonyl (C=O) groups is 1. The molecule has 20 heavy (non-hydrogen) atoms. The highest BCUT2D eigenvalue weighted by atomic mass is 16.5. The standard InChI is InChI=1S/C16H23NO3/c1-2-9-20-15-7-3-12(4-8-15)10-14(11-16(18)19)17-13-5-6-13/h3-4,7-8,13-14,17H,2,5-6,9-11H2,1H3,(H,18,19). The summed E-state index contributed by atoms with van der Waals surface area (Å²) in [5.74, 6) is 0.131. The number of carboxylic acid groups (broad SMARTS) is 1. The molecule has 0 aromatic heterocycles. The Labute approximate surface area is 120 Å². The molecule has 4 nitrogen and oxygen atoms in total. The molecule has 0 heterocycles. The maximum atomic E-state index is 10.9. The van der Waals surface area contributed by atoms with Crippen LogP contribution in [0.5, 0.6) is 5.75 Å². The molecule has 0 saturated heterocycles. The second kappa shape index (κ2) is 7.29. The monoisotopic (exact) mass is 277 g/mol. The fraction of sp³-hybridized carbons (Fsp3) is 0.562. The molecule has 2 N–H and O–H groups in total. The van der Waals surface area contributed by atoms with Crippen LogP contribution in [0, 0.1) is 0 Å². The van der Waals surface area contributed by atoms with Crippen LogP contribution >= 0.6 is 0 Å². The summed E-state index contributed by atoms with van der Waals surface area (Å²) in [5.41, 5.74) is 1.15. The van der Waals surface area contributed by atoms with Crippen molar-refractivity contribution in [1.29, 1.82) is 0 Å². The van der Waals surface area contributed by atoms with Crippen molar-refractivity contribution in [3.63, 3.8) is 0 Å². The topological polar surface area (TPSA) is 58.6 Å². The summed E-state index contributed by atoms with van der Waals surface area (Å²) in [5, 5.41) is 12.4. The Morgan fingerprint density at radius 2 is 2.10 bits per heavy atom. The Morgan fingerprint density at radius 3 is 2.65 bits per heavy atom. The van der Waals surface area contributed by atoms with Gasteiger partial charge < -0.3 is 15.2 Å². The molecule has 1 unspecified atom stereocenters. The minimum absolute atomic E-state index is 0.0161. The average Bonchev–Trinajstić information content (AvgIpc) is 3.21. The molecule has 1 fully saturated rings. The zero-order valence-corrected chi connectivity index (χ0v) is 12.0. The molecule has 1 saturated carbocycles. The fourth-order valence-electron chi connectivity index (χ4n) is 2.21. The van der Waals surface area contributed by atoms with E-state index in [9.17, 15) is 4.79 Å². The van der Waals surface area contributed by atoms with Gasteiger partial charge in [0, 0.05) is 12.1 Å². The predicted molar refractivity (Wildman–Crippen MR) is 78.1 cm³/mol. The first-order chi connectivity index (χ1) is 9.67. The van der Waals surface area contributed by atoms with Gasteiger partial charge in [-0.05, 0) is 43.4 Å². The van der Waals surface area contributed by atoms with Crippen LogP contribution in [-0.4, -0.2) is 29.8 Å². The number of benzene rings is 1. The van der Waals surface area contributed by atoms with Crippen LogP contribution in [0.4, 0.5) is 0 Å². The number of aliphatic carboxylic acids is 1. The van der Waals surface area contributed by atoms with Gasteiger partial charge in [-0.2, -0.15) is 0 Å². The number of carboxylic acids is 1. The van der Waals surface area contributed by atoms with E-state index in [0.717, 1.165) is 30.8 Å². The number of rotatable bonds is 9. The lowest BCUT2D eigenvalue weighted by molar-refractivity contribution is -0.137. The molecule has 0 radical (unpaired) electrons. The van der Waals surface area contributed by atoms with E-state index in [1.807, 2.05) is 24.3 Å². The number of hydrogen-bond acceptors (Lipinski definition) is 3. The molecule has 0 amide bonds. The number of hydrogen-bond donors (Lipinski definition) is 2. The maximum absolute atomic E-state index is 10.9. The van der Waals surface area contributed by atoms with Crippen molar-refractivity contribution in [3.8, 4) is 5.75 Å². The van der Waals surface area contributed by atoms with E-state index < -0.39 is 5.97 Å². The third kappa shape index (κ3) is 5.21. The van der Waals surface area contributed by atoms with E-state index in [1.165, 1.54) is 12.8 Å². The zero-order chi connectivity index (χ0) is 14.4. The third-order valence-corrected chi connectivity index (χ3v) is 3.35. The number of ether oxygens (including phenoxy) is 1. The van der Waals surface area contributed by atoms with E-state index in [1.54, 1.807) is 0 Å². The summed E-state index contributed by atoms with van der Waals surface area (Å²) in [7, 11) is 0. The van der Waals surface area contributed by atoms with Crippen LogP contribution in [0.25, 0.3) is 0 Å². The van der Waals surface area contributed by atoms with Crippen LogP contribution in [0.1, 0.15) is 38.2 Å². The van der Waals surface area contributed by atoms with Crippen molar-refractivity contribution in [2.75, 3.05) is 6.61 Å². The van der Waals surface area contributed by atoms with Gasteiger partial charge in [0.2, 0.25) is 0 Å². The summed E-state index contributed by atoms with van der Waals surface area (Å²) in [6, 6.07) is 8.50. The van der Waals surface area contributed by atoms with Crippen LogP contribution < -0.4 is 10.1 Å². The van der Waals surface area contributed by atoms with E-state index in [-0.39, 0.29) is 12.5 Å². The molecular weight excluding hydrogens is 254 g/mol. The molecule has 1 aromatic rings. The quantitative estimate of drug-likeness (QED) is 0.728. The second-order valence-electron chi connectivity index (χ2n) is 5.43. The highest BCUT2D eigenvalue weighted by Gasteiger charge is 2.25. The van der Waals surface area contributed by atoms with Crippen molar-refractivity contribution in [1.82, 2.24) is 5.32 Å². The molecule has 1 aromatic carbocycles. The van der Waals surface area contributed by atoms with Gasteiger partial charge in [0.25, 0.3) is 0 Å². The SMILES string of the molecule is CCCOc1ccc(CC(CC(=O)O)NC2CC2)cc1. The summed E-state index contributed by atoms with van der Waals surface area (Å²) in [6.45, 7) is 2.80. The first-order valence-corrected chi connectivity index (χ1v) is 7.37. The van der Waals surface area contributed by atoms with Gasteiger partial charge >= 0.3 is 5.97 Å². The van der Waals surface area contributed by atoms with Crippen LogP contribution in [0.15, 0.2) is 24.3 Å². The van der Waals surface area contributed by atoms with Gasteiger partial charge in [0.05, 0.1) is 13.0 Å². The number of nitrogens with one attached hydrogen (secondary N) is 1. The summed E-state index contributed by atoms with van der Waals surface area (Å²) < 4.78 is 5.54. The van der Waals surface area contributed by atoms with Crippen molar-refractivity contribution >= 4 is 5.97 Å². The lowest BCUT2D eigenvalue weighted by Crippen LogP contribution is -2.34. The molecular formula is C16H23NO3. The first kappa shape index (κ1) is 14.9. The summed E-state index contributed by atoms with van der Waals surface area (Å²) >= 11 is 0. The molecule has 0 spiro atoms. The Bertz CT molecular complexity index is 426. The normalized spacial score (nSPS) is 15.8. The van der Waals surface area contributed by atoms with Gasteiger partial charge in [-0.1, -0.05) is 19.1 Å². The van der Waals surface area contributed by atoms with Crippen LogP contribution in [-0.2, 0) is 11.2 Å². The van der Waals surface area contributed by atoms with Crippen molar-refractivity contribution in [2.45, 2.75) is 51.1 Å². The molecule has 110 valence electrons. The highest BCUT2D eigenvalue weighted by Crippen LogP contribution is 2.21. The van der Waals surface area contributed by atoms with E-state index >= 15 is 0 Å². The Morgan fingerprint density at radius 1 is 1.40 bits per heavy atom. The minimum atomic E-state index is -0.744. The summed E-state index contributed by atoms with van der Waals surface area (Å²) in [4.78, 5) is 10.9. The summed E-state index contributed by atoms with van der Waals surface area (Å²) in [6.07, 6.45) is 4.25. The molecule has 0 aliphatic heterocycles. The lowest BCUT2D eigenvalue weighted by atomic mass is 10.0. The largest absolute Gasteiger partial charge is 0.494 e. The lowest BCUT2D eigenvalue weighted by Gasteiger charge is -2.17. The Hall–Kier alpha value is -1.55. The molecule has 4 heteroatoms. The Kier molecular flexibility index (Phi) is 5.41. The van der Waals surface area contributed by atoms with Gasteiger partial charge in [0.1, 0.15) is 5.75 Å². The van der Waals surface area contributed by atoms with Gasteiger partial charge in [-0.3, -0.25) is 4.79 Å². The first-order valence-electron chi connectivity index (χ1n) is 7.37. The average molecular weight is 277 g/mol. The maximum Gasteiger partial charge on any atom is 0.304 e. The molecule has 1 atom stereocenters. The second-order valence-corrected chi connectivity index (χ2v) is 5.43. The fourth-order valence-corrected chi connectivity index (χ4v) is 2.21. The smallest absolute Gasteiger partial charge is 0.304 e. The Balaban J connectivity index is 1.89. The molecule has 1 aliphatic rings. The van der Waals surface area contributed by atoms with E-state index in [4.69, 9.17) is 9.84 Å². The van der Waals surface area contributed by atoms with E-state index in [2.05, 4.69) is 12.2 Å². The van der Waals surface area contributed by atoms with Crippen molar-refractivity contribution in [2.24, 2.45) is 0 Å². The van der Waals surface area contributed by atoms with Gasteiger partial charge in [-0.25, -0.2) is 0 Å². The minimum Gasteiger partial charge on any atom is -0.494 e. The molecule has 0 bridgehead atoms. The third-order valence-electron chi connectivity index (χ3n) is 3.35. The van der Waals surface area contributed by atoms with Crippen molar-refractivity contribution < 1.29 is 14.6 Å². The van der Waals surface area contributed by atoms with Crippen LogP contribution in [0.2, 0.25) is 0 Å².